The van der Waals surface area contributed by atoms with Gasteiger partial charge in [-0.1, -0.05) is 6.07 Å². The van der Waals surface area contributed by atoms with Crippen molar-refractivity contribution in [2.75, 3.05) is 26.2 Å². The Hall–Kier alpha value is -1.55. The molecule has 1 aliphatic rings. The summed E-state index contributed by atoms with van der Waals surface area (Å²) in [4.78, 5) is 14.0. The summed E-state index contributed by atoms with van der Waals surface area (Å²) in [6.07, 6.45) is 0. The van der Waals surface area contributed by atoms with Crippen molar-refractivity contribution in [2.45, 2.75) is 26.8 Å². The van der Waals surface area contributed by atoms with Gasteiger partial charge in [0.15, 0.2) is 6.61 Å². The fourth-order valence-electron chi connectivity index (χ4n) is 2.24. The van der Waals surface area contributed by atoms with Gasteiger partial charge in [0.2, 0.25) is 0 Å². The number of ether oxygens (including phenoxy) is 1. The summed E-state index contributed by atoms with van der Waals surface area (Å²) in [7, 11) is 0. The lowest BCUT2D eigenvalue weighted by molar-refractivity contribution is -0.136. The van der Waals surface area contributed by atoms with Gasteiger partial charge in [-0.3, -0.25) is 4.79 Å². The van der Waals surface area contributed by atoms with Crippen molar-refractivity contribution in [3.8, 4) is 5.75 Å². The first-order chi connectivity index (χ1) is 9.08. The van der Waals surface area contributed by atoms with Crippen LogP contribution in [0.25, 0.3) is 0 Å². The number of piperazine rings is 1. The predicted octanol–water partition coefficient (Wildman–Crippen LogP) is 1.50. The summed E-state index contributed by atoms with van der Waals surface area (Å²) in [6.45, 7) is 8.76. The molecule has 0 bridgehead atoms. The van der Waals surface area contributed by atoms with E-state index in [2.05, 4.69) is 19.2 Å². The van der Waals surface area contributed by atoms with Crippen molar-refractivity contribution in [3.63, 3.8) is 0 Å². The molecule has 1 aliphatic heterocycles. The van der Waals surface area contributed by atoms with E-state index >= 15 is 0 Å². The van der Waals surface area contributed by atoms with E-state index in [0.29, 0.717) is 0 Å². The monoisotopic (exact) mass is 262 g/mol. The quantitative estimate of drug-likeness (QED) is 0.897. The minimum Gasteiger partial charge on any atom is -0.484 e. The maximum atomic E-state index is 12.1. The third-order valence-corrected chi connectivity index (χ3v) is 3.66. The Kier molecular flexibility index (Phi) is 4.43. The second-order valence-corrected chi connectivity index (χ2v) is 5.18. The molecule has 1 fully saturated rings. The van der Waals surface area contributed by atoms with Crippen LogP contribution in [0.3, 0.4) is 0 Å². The molecule has 1 saturated heterocycles. The predicted molar refractivity (Wildman–Crippen MR) is 75.5 cm³/mol. The average Bonchev–Trinajstić information content (AvgIpc) is 2.40. The Balaban J connectivity index is 1.90. The van der Waals surface area contributed by atoms with Crippen LogP contribution >= 0.6 is 0 Å². The van der Waals surface area contributed by atoms with Gasteiger partial charge in [-0.05, 0) is 44.0 Å². The number of hydrogen-bond acceptors (Lipinski definition) is 3. The van der Waals surface area contributed by atoms with Crippen molar-refractivity contribution >= 4 is 5.91 Å². The first kappa shape index (κ1) is 13.9. The molecule has 19 heavy (non-hydrogen) atoms. The smallest absolute Gasteiger partial charge is 0.260 e. The number of carbonyl (C=O) groups is 1. The SMILES string of the molecule is Cc1ccc(OCC(=O)N2CCNCC2C)cc1C. The molecule has 1 aromatic carbocycles. The molecule has 1 aromatic rings. The van der Waals surface area contributed by atoms with E-state index in [0.717, 1.165) is 25.4 Å². The largest absolute Gasteiger partial charge is 0.484 e. The third kappa shape index (κ3) is 3.47. The van der Waals surface area contributed by atoms with Crippen LogP contribution in [0.2, 0.25) is 0 Å². The van der Waals surface area contributed by atoms with Gasteiger partial charge in [0.05, 0.1) is 0 Å². The van der Waals surface area contributed by atoms with Crippen molar-refractivity contribution in [1.29, 1.82) is 0 Å². The second-order valence-electron chi connectivity index (χ2n) is 5.18. The van der Waals surface area contributed by atoms with Crippen LogP contribution in [0.5, 0.6) is 5.75 Å². The summed E-state index contributed by atoms with van der Waals surface area (Å²) in [5, 5.41) is 3.27. The zero-order valence-electron chi connectivity index (χ0n) is 11.9. The number of carbonyl (C=O) groups excluding carboxylic acids is 1. The molecule has 1 amide bonds. The van der Waals surface area contributed by atoms with Gasteiger partial charge in [-0.2, -0.15) is 0 Å². The summed E-state index contributed by atoms with van der Waals surface area (Å²) in [6, 6.07) is 6.15. The summed E-state index contributed by atoms with van der Waals surface area (Å²) in [5.41, 5.74) is 2.41. The van der Waals surface area contributed by atoms with Gasteiger partial charge in [0.1, 0.15) is 5.75 Å². The molecule has 104 valence electrons. The Bertz CT molecular complexity index is 459. The molecule has 0 aromatic heterocycles. The molecule has 0 saturated carbocycles. The van der Waals surface area contributed by atoms with Crippen LogP contribution in [0.1, 0.15) is 18.1 Å². The minimum atomic E-state index is 0.0622. The topological polar surface area (TPSA) is 41.6 Å². The molecular weight excluding hydrogens is 240 g/mol. The van der Waals surface area contributed by atoms with Crippen molar-refractivity contribution in [3.05, 3.63) is 29.3 Å². The number of nitrogens with zero attached hydrogens (tertiary/aromatic N) is 1. The summed E-state index contributed by atoms with van der Waals surface area (Å²) < 4.78 is 5.59. The maximum absolute atomic E-state index is 12.1. The van der Waals surface area contributed by atoms with E-state index in [9.17, 15) is 4.79 Å². The number of hydrogen-bond donors (Lipinski definition) is 1. The molecule has 1 unspecified atom stereocenters. The van der Waals surface area contributed by atoms with Gasteiger partial charge in [-0.25, -0.2) is 0 Å². The van der Waals surface area contributed by atoms with Crippen LogP contribution in [0.4, 0.5) is 0 Å². The molecule has 1 N–H and O–H groups in total. The van der Waals surface area contributed by atoms with E-state index in [4.69, 9.17) is 4.74 Å². The van der Waals surface area contributed by atoms with Crippen LogP contribution < -0.4 is 10.1 Å². The van der Waals surface area contributed by atoms with Crippen molar-refractivity contribution in [2.24, 2.45) is 0 Å². The number of rotatable bonds is 3. The van der Waals surface area contributed by atoms with Crippen LogP contribution in [-0.2, 0) is 4.79 Å². The Labute approximate surface area is 114 Å². The first-order valence-corrected chi connectivity index (χ1v) is 6.78. The second kappa shape index (κ2) is 6.06. The fraction of sp³-hybridized carbons (Fsp3) is 0.533. The van der Waals surface area contributed by atoms with E-state index in [1.807, 2.05) is 30.0 Å². The average molecular weight is 262 g/mol. The lowest BCUT2D eigenvalue weighted by Crippen LogP contribution is -2.53. The van der Waals surface area contributed by atoms with Crippen molar-refractivity contribution < 1.29 is 9.53 Å². The highest BCUT2D eigenvalue weighted by molar-refractivity contribution is 5.78. The molecule has 4 heteroatoms. The number of benzene rings is 1. The van der Waals surface area contributed by atoms with Gasteiger partial charge in [0.25, 0.3) is 5.91 Å². The number of nitrogens with one attached hydrogen (secondary N) is 1. The molecule has 0 radical (unpaired) electrons. The third-order valence-electron chi connectivity index (χ3n) is 3.66. The van der Waals surface area contributed by atoms with Gasteiger partial charge >= 0.3 is 0 Å². The first-order valence-electron chi connectivity index (χ1n) is 6.78. The normalized spacial score (nSPS) is 19.3. The van der Waals surface area contributed by atoms with Gasteiger partial charge in [0, 0.05) is 25.7 Å². The maximum Gasteiger partial charge on any atom is 0.260 e. The lowest BCUT2D eigenvalue weighted by Gasteiger charge is -2.33. The number of amides is 1. The van der Waals surface area contributed by atoms with Gasteiger partial charge < -0.3 is 15.0 Å². The van der Waals surface area contributed by atoms with Crippen LogP contribution in [0, 0.1) is 13.8 Å². The highest BCUT2D eigenvalue weighted by atomic mass is 16.5. The molecular formula is C15H22N2O2. The van der Waals surface area contributed by atoms with Gasteiger partial charge in [-0.15, -0.1) is 0 Å². The highest BCUT2D eigenvalue weighted by Gasteiger charge is 2.22. The summed E-state index contributed by atoms with van der Waals surface area (Å²) >= 11 is 0. The van der Waals surface area contributed by atoms with Crippen molar-refractivity contribution in [1.82, 2.24) is 10.2 Å². The van der Waals surface area contributed by atoms with Crippen LogP contribution in [0.15, 0.2) is 18.2 Å². The molecule has 0 spiro atoms. The fourth-order valence-corrected chi connectivity index (χ4v) is 2.24. The van der Waals surface area contributed by atoms with E-state index in [1.54, 1.807) is 0 Å². The molecule has 1 heterocycles. The zero-order chi connectivity index (χ0) is 13.8. The highest BCUT2D eigenvalue weighted by Crippen LogP contribution is 2.16. The van der Waals surface area contributed by atoms with E-state index in [1.165, 1.54) is 11.1 Å². The summed E-state index contributed by atoms with van der Waals surface area (Å²) in [5.74, 6) is 0.825. The zero-order valence-corrected chi connectivity index (χ0v) is 11.9. The van der Waals surface area contributed by atoms with Crippen LogP contribution in [-0.4, -0.2) is 43.1 Å². The Morgan fingerprint density at radius 2 is 2.21 bits per heavy atom. The molecule has 0 aliphatic carbocycles. The molecule has 1 atom stereocenters. The standard InChI is InChI=1S/C15H22N2O2/c1-11-4-5-14(8-12(11)2)19-10-15(18)17-7-6-16-9-13(17)3/h4-5,8,13,16H,6-7,9-10H2,1-3H3. The number of aryl methyl sites for hydroxylation is 2. The van der Waals surface area contributed by atoms with E-state index < -0.39 is 0 Å². The van der Waals surface area contributed by atoms with E-state index in [-0.39, 0.29) is 18.6 Å². The molecule has 2 rings (SSSR count). The lowest BCUT2D eigenvalue weighted by atomic mass is 10.1. The Morgan fingerprint density at radius 1 is 1.42 bits per heavy atom. The minimum absolute atomic E-state index is 0.0622. The Morgan fingerprint density at radius 3 is 2.89 bits per heavy atom. The molecule has 4 nitrogen and oxygen atoms in total.